The number of halogens is 2. The van der Waals surface area contributed by atoms with Gasteiger partial charge in [0.2, 0.25) is 5.89 Å². The molecular weight excluding hydrogens is 360 g/mol. The van der Waals surface area contributed by atoms with Crippen molar-refractivity contribution >= 4 is 31.9 Å². The number of hydrogen-bond donors (Lipinski definition) is 1. The van der Waals surface area contributed by atoms with Crippen LogP contribution in [0.3, 0.4) is 0 Å². The summed E-state index contributed by atoms with van der Waals surface area (Å²) in [5, 5.41) is 3.27. The van der Waals surface area contributed by atoms with Gasteiger partial charge in [0, 0.05) is 14.5 Å². The van der Waals surface area contributed by atoms with Crippen molar-refractivity contribution in [3.05, 3.63) is 39.2 Å². The fourth-order valence-electron chi connectivity index (χ4n) is 1.70. The Balaban J connectivity index is 2.29. The molecule has 0 bridgehead atoms. The van der Waals surface area contributed by atoms with Crippen molar-refractivity contribution in [3.8, 4) is 11.3 Å². The molecule has 0 aliphatic carbocycles. The molecule has 0 aliphatic heterocycles. The molecule has 0 saturated carbocycles. The van der Waals surface area contributed by atoms with E-state index in [-0.39, 0.29) is 6.04 Å². The predicted molar refractivity (Wildman–Crippen MR) is 79.4 cm³/mol. The molecular formula is C13H14Br2N2O. The fraction of sp³-hybridized carbons (Fsp3) is 0.308. The molecule has 0 fully saturated rings. The van der Waals surface area contributed by atoms with Crippen molar-refractivity contribution in [2.75, 3.05) is 6.54 Å². The lowest BCUT2D eigenvalue weighted by Gasteiger charge is -2.07. The second-order valence-electron chi connectivity index (χ2n) is 3.97. The van der Waals surface area contributed by atoms with Crippen LogP contribution in [-0.2, 0) is 0 Å². The molecule has 96 valence electrons. The number of benzene rings is 1. The van der Waals surface area contributed by atoms with E-state index in [0.717, 1.165) is 26.8 Å². The normalized spacial score (nSPS) is 12.7. The third-order valence-electron chi connectivity index (χ3n) is 2.60. The third-order valence-corrected chi connectivity index (χ3v) is 3.75. The zero-order chi connectivity index (χ0) is 13.1. The molecule has 1 unspecified atom stereocenters. The fourth-order valence-corrected chi connectivity index (χ4v) is 2.94. The molecule has 0 aliphatic rings. The second kappa shape index (κ2) is 5.99. The zero-order valence-corrected chi connectivity index (χ0v) is 13.4. The van der Waals surface area contributed by atoms with Gasteiger partial charge < -0.3 is 9.73 Å². The Hall–Kier alpha value is -0.650. The van der Waals surface area contributed by atoms with E-state index in [0.29, 0.717) is 5.89 Å². The van der Waals surface area contributed by atoms with Crippen LogP contribution >= 0.6 is 31.9 Å². The van der Waals surface area contributed by atoms with E-state index in [1.807, 2.05) is 25.1 Å². The number of aromatic nitrogens is 1. The second-order valence-corrected chi connectivity index (χ2v) is 5.74. The number of rotatable bonds is 4. The van der Waals surface area contributed by atoms with Crippen LogP contribution in [0.1, 0.15) is 25.8 Å². The highest BCUT2D eigenvalue weighted by molar-refractivity contribution is 9.11. The van der Waals surface area contributed by atoms with Gasteiger partial charge in [-0.1, -0.05) is 22.9 Å². The molecule has 1 aromatic heterocycles. The van der Waals surface area contributed by atoms with Crippen molar-refractivity contribution in [1.29, 1.82) is 0 Å². The highest BCUT2D eigenvalue weighted by Gasteiger charge is 2.13. The van der Waals surface area contributed by atoms with Crippen LogP contribution in [-0.4, -0.2) is 11.5 Å². The minimum absolute atomic E-state index is 0.123. The van der Waals surface area contributed by atoms with Crippen molar-refractivity contribution in [2.45, 2.75) is 19.9 Å². The van der Waals surface area contributed by atoms with E-state index in [4.69, 9.17) is 4.42 Å². The SMILES string of the molecule is CCNC(C)c1ncc(-c2ccc(Br)cc2Br)o1. The monoisotopic (exact) mass is 372 g/mol. The lowest BCUT2D eigenvalue weighted by molar-refractivity contribution is 0.429. The minimum Gasteiger partial charge on any atom is -0.439 e. The summed E-state index contributed by atoms with van der Waals surface area (Å²) in [6.45, 7) is 4.99. The first-order valence-corrected chi connectivity index (χ1v) is 7.35. The van der Waals surface area contributed by atoms with Crippen molar-refractivity contribution < 1.29 is 4.42 Å². The van der Waals surface area contributed by atoms with Crippen LogP contribution in [0.25, 0.3) is 11.3 Å². The van der Waals surface area contributed by atoms with Crippen LogP contribution in [0.4, 0.5) is 0 Å². The number of nitrogens with one attached hydrogen (secondary N) is 1. The third kappa shape index (κ3) is 3.02. The van der Waals surface area contributed by atoms with Gasteiger partial charge in [-0.2, -0.15) is 0 Å². The maximum Gasteiger partial charge on any atom is 0.211 e. The van der Waals surface area contributed by atoms with Gasteiger partial charge in [0.25, 0.3) is 0 Å². The molecule has 1 heterocycles. The van der Waals surface area contributed by atoms with Gasteiger partial charge in [-0.05, 0) is 47.6 Å². The first-order valence-electron chi connectivity index (χ1n) is 5.76. The van der Waals surface area contributed by atoms with Gasteiger partial charge in [0.1, 0.15) is 0 Å². The summed E-state index contributed by atoms with van der Waals surface area (Å²) in [4.78, 5) is 4.31. The number of nitrogens with zero attached hydrogens (tertiary/aromatic N) is 1. The van der Waals surface area contributed by atoms with Crippen LogP contribution in [0, 0.1) is 0 Å². The lowest BCUT2D eigenvalue weighted by Crippen LogP contribution is -2.17. The summed E-state index contributed by atoms with van der Waals surface area (Å²) in [5.74, 6) is 1.48. The Morgan fingerprint density at radius 2 is 2.17 bits per heavy atom. The van der Waals surface area contributed by atoms with Gasteiger partial charge in [0.15, 0.2) is 5.76 Å². The molecule has 18 heavy (non-hydrogen) atoms. The van der Waals surface area contributed by atoms with Gasteiger partial charge in [-0.25, -0.2) is 4.98 Å². The number of oxazole rings is 1. The Morgan fingerprint density at radius 1 is 1.39 bits per heavy atom. The highest BCUT2D eigenvalue weighted by atomic mass is 79.9. The Bertz CT molecular complexity index is 540. The van der Waals surface area contributed by atoms with Gasteiger partial charge in [0.05, 0.1) is 12.2 Å². The molecule has 0 spiro atoms. The smallest absolute Gasteiger partial charge is 0.211 e. The Morgan fingerprint density at radius 3 is 2.83 bits per heavy atom. The zero-order valence-electron chi connectivity index (χ0n) is 10.2. The Labute approximate surface area is 123 Å². The molecule has 5 heteroatoms. The lowest BCUT2D eigenvalue weighted by atomic mass is 10.2. The van der Waals surface area contributed by atoms with Crippen LogP contribution in [0.2, 0.25) is 0 Å². The maximum atomic E-state index is 5.79. The number of hydrogen-bond acceptors (Lipinski definition) is 3. The molecule has 0 saturated heterocycles. The summed E-state index contributed by atoms with van der Waals surface area (Å²) >= 11 is 6.96. The van der Waals surface area contributed by atoms with E-state index < -0.39 is 0 Å². The molecule has 2 rings (SSSR count). The quantitative estimate of drug-likeness (QED) is 0.854. The van der Waals surface area contributed by atoms with Crippen molar-refractivity contribution in [2.24, 2.45) is 0 Å². The maximum absolute atomic E-state index is 5.79. The molecule has 1 atom stereocenters. The van der Waals surface area contributed by atoms with Crippen LogP contribution < -0.4 is 5.32 Å². The summed E-state index contributed by atoms with van der Waals surface area (Å²) in [6, 6.07) is 6.09. The summed E-state index contributed by atoms with van der Waals surface area (Å²) in [6.07, 6.45) is 1.76. The summed E-state index contributed by atoms with van der Waals surface area (Å²) < 4.78 is 7.79. The van der Waals surface area contributed by atoms with Gasteiger partial charge in [-0.3, -0.25) is 0 Å². The predicted octanol–water partition coefficient (Wildman–Crippen LogP) is 4.54. The van der Waals surface area contributed by atoms with Crippen molar-refractivity contribution in [3.63, 3.8) is 0 Å². The summed E-state index contributed by atoms with van der Waals surface area (Å²) in [5.41, 5.74) is 1.00. The van der Waals surface area contributed by atoms with E-state index in [9.17, 15) is 0 Å². The minimum atomic E-state index is 0.123. The van der Waals surface area contributed by atoms with Gasteiger partial charge >= 0.3 is 0 Å². The molecule has 1 N–H and O–H groups in total. The topological polar surface area (TPSA) is 38.1 Å². The van der Waals surface area contributed by atoms with Gasteiger partial charge in [-0.15, -0.1) is 0 Å². The molecule has 3 nitrogen and oxygen atoms in total. The van der Waals surface area contributed by atoms with Crippen LogP contribution in [0.15, 0.2) is 37.8 Å². The first-order chi connectivity index (χ1) is 8.61. The largest absolute Gasteiger partial charge is 0.439 e. The molecule has 0 amide bonds. The van der Waals surface area contributed by atoms with Crippen molar-refractivity contribution in [1.82, 2.24) is 10.3 Å². The average molecular weight is 374 g/mol. The molecule has 0 radical (unpaired) electrons. The van der Waals surface area contributed by atoms with Crippen LogP contribution in [0.5, 0.6) is 0 Å². The van der Waals surface area contributed by atoms with E-state index in [1.54, 1.807) is 6.20 Å². The van der Waals surface area contributed by atoms with E-state index in [1.165, 1.54) is 0 Å². The first kappa shape index (κ1) is 13.8. The van der Waals surface area contributed by atoms with E-state index >= 15 is 0 Å². The standard InChI is InChI=1S/C13H14Br2N2O/c1-3-16-8(2)13-17-7-12(18-13)10-5-4-9(14)6-11(10)15/h4-8,16H,3H2,1-2H3. The average Bonchev–Trinajstić information content (AvgIpc) is 2.78. The Kier molecular flexibility index (Phi) is 4.59. The summed E-state index contributed by atoms with van der Waals surface area (Å²) in [7, 11) is 0. The molecule has 1 aromatic carbocycles. The molecule has 2 aromatic rings. The highest BCUT2D eigenvalue weighted by Crippen LogP contribution is 2.31. The van der Waals surface area contributed by atoms with E-state index in [2.05, 4.69) is 49.1 Å².